The molecular weight excluding hydrogens is 1830 g/mol. The summed E-state index contributed by atoms with van der Waals surface area (Å²) in [4.78, 5) is 85.6. The van der Waals surface area contributed by atoms with E-state index in [1.54, 1.807) is 96.9 Å². The molecule has 0 saturated carbocycles. The highest BCUT2D eigenvalue weighted by Gasteiger charge is 2.21. The largest absolute Gasteiger partial charge is 0.449 e. The number of carbonyl (C=O) groups excluding carboxylic acids is 1. The first kappa shape index (κ1) is 128. The fourth-order valence-electron chi connectivity index (χ4n) is 10.6. The smallest absolute Gasteiger partial charge is 0.317 e. The summed E-state index contributed by atoms with van der Waals surface area (Å²) in [6.07, 6.45) is 40.3. The first-order valence-electron chi connectivity index (χ1n) is 49.8. The maximum absolute atomic E-state index is 10.8. The predicted molar refractivity (Wildman–Crippen MR) is 581 cm³/mol. The molecule has 790 valence electrons. The Balaban J connectivity index is 0.000000765. The lowest BCUT2D eigenvalue weighted by molar-refractivity contribution is 0.206. The molecule has 14 aromatic rings. The molecule has 17 rings (SSSR count). The van der Waals surface area contributed by atoms with Crippen LogP contribution in [-0.4, -0.2) is 193 Å². The average molecular weight is 2000 g/mol. The van der Waals surface area contributed by atoms with E-state index in [9.17, 15) is 9.59 Å². The van der Waals surface area contributed by atoms with E-state index in [4.69, 9.17) is 4.42 Å². The fourth-order valence-corrected chi connectivity index (χ4v) is 11.2. The number of oxazole rings is 1. The van der Waals surface area contributed by atoms with Crippen LogP contribution in [-0.2, 0) is 0 Å². The van der Waals surface area contributed by atoms with E-state index >= 15 is 0 Å². The number of allylic oxidation sites excluding steroid dienone is 2. The number of rotatable bonds is 18. The zero-order valence-electron chi connectivity index (χ0n) is 92.5. The van der Waals surface area contributed by atoms with Crippen LogP contribution in [0.2, 0.25) is 0 Å². The van der Waals surface area contributed by atoms with Gasteiger partial charge < -0.3 is 24.6 Å². The third-order valence-electron chi connectivity index (χ3n) is 19.5. The summed E-state index contributed by atoms with van der Waals surface area (Å²) in [5.74, 6) is 13.3. The van der Waals surface area contributed by atoms with E-state index in [2.05, 4.69) is 369 Å². The average Bonchev–Trinajstić information content (AvgIpc) is 1.76. The number of amides is 2. The van der Waals surface area contributed by atoms with Crippen molar-refractivity contribution < 1.29 is 9.21 Å². The number of aliphatic imine (C=N–C) groups is 1. The lowest BCUT2D eigenvalue weighted by atomic mass is 10.1. The van der Waals surface area contributed by atoms with Gasteiger partial charge in [0, 0.05) is 212 Å². The first-order chi connectivity index (χ1) is 68.4. The monoisotopic (exact) mass is 2000 g/mol. The van der Waals surface area contributed by atoms with Crippen LogP contribution < -0.4 is 10.9 Å². The molecule has 144 heavy (non-hydrogen) atoms. The van der Waals surface area contributed by atoms with Gasteiger partial charge in [0.25, 0.3) is 5.56 Å². The molecule has 0 atom stereocenters. The van der Waals surface area contributed by atoms with Crippen LogP contribution in [0.1, 0.15) is 407 Å². The van der Waals surface area contributed by atoms with Gasteiger partial charge in [0.05, 0.1) is 22.6 Å². The van der Waals surface area contributed by atoms with Crippen LogP contribution in [0.3, 0.4) is 0 Å². The molecule has 0 bridgehead atoms. The van der Waals surface area contributed by atoms with Gasteiger partial charge in [-0.3, -0.25) is 59.6 Å². The number of hydrogen-bond donors (Lipinski definition) is 8. The van der Waals surface area contributed by atoms with Gasteiger partial charge in [-0.25, -0.2) is 54.6 Å². The van der Waals surface area contributed by atoms with Gasteiger partial charge in [0.1, 0.15) is 79.4 Å². The fraction of sp³-hybridized carbons (Fsp3) is 0.543. The van der Waals surface area contributed by atoms with E-state index < -0.39 is 0 Å². The van der Waals surface area contributed by atoms with Gasteiger partial charge in [-0.15, -0.1) is 16.4 Å². The van der Waals surface area contributed by atoms with Gasteiger partial charge in [-0.1, -0.05) is 213 Å². The van der Waals surface area contributed by atoms with Gasteiger partial charge in [-0.05, 0) is 125 Å². The number of nitrogens with zero attached hydrogens (tertiary/aromatic N) is 27. The lowest BCUT2D eigenvalue weighted by Crippen LogP contribution is -2.33. The second-order valence-corrected chi connectivity index (χ2v) is 38.7. The van der Waals surface area contributed by atoms with Crippen molar-refractivity contribution in [2.75, 3.05) is 19.6 Å². The number of hydrogen-bond acceptors (Lipinski definition) is 28. The van der Waals surface area contributed by atoms with E-state index in [1.807, 2.05) is 124 Å². The third-order valence-corrected chi connectivity index (χ3v) is 20.6. The molecule has 0 radical (unpaired) electrons. The van der Waals surface area contributed by atoms with Gasteiger partial charge >= 0.3 is 6.03 Å². The highest BCUT2D eigenvalue weighted by atomic mass is 32.1. The Labute approximate surface area is 860 Å². The van der Waals surface area contributed by atoms with Crippen molar-refractivity contribution in [3.05, 3.63) is 276 Å². The van der Waals surface area contributed by atoms with Crippen LogP contribution in [0, 0.1) is 11.8 Å². The first-order valence-corrected chi connectivity index (χ1v) is 50.7. The summed E-state index contributed by atoms with van der Waals surface area (Å²) in [7, 11) is 0. The zero-order valence-corrected chi connectivity index (χ0v) is 93.3. The molecule has 0 aromatic carbocycles. The number of thiazole rings is 1. The molecule has 0 aliphatic carbocycles. The highest BCUT2D eigenvalue weighted by Crippen LogP contribution is 2.20. The Kier molecular flexibility index (Phi) is 67.9. The Bertz CT molecular complexity index is 4660. The van der Waals surface area contributed by atoms with E-state index in [1.165, 1.54) is 59.0 Å². The lowest BCUT2D eigenvalue weighted by Gasteiger charge is -2.17. The van der Waals surface area contributed by atoms with Crippen LogP contribution in [0.15, 0.2) is 226 Å². The van der Waals surface area contributed by atoms with Gasteiger partial charge in [-0.2, -0.15) is 40.8 Å². The molecule has 8 N–H and O–H groups in total. The maximum Gasteiger partial charge on any atom is 0.317 e. The number of urea groups is 1. The van der Waals surface area contributed by atoms with E-state index in [-0.39, 0.29) is 17.5 Å². The summed E-state index contributed by atoms with van der Waals surface area (Å²) < 4.78 is 8.71. The van der Waals surface area contributed by atoms with E-state index in [0.717, 1.165) is 83.9 Å². The number of pyridine rings is 1. The second-order valence-electron chi connectivity index (χ2n) is 37.7. The third kappa shape index (κ3) is 60.0. The molecule has 1 fully saturated rings. The number of carbonyl (C=O) groups is 1. The molecule has 17 heterocycles. The minimum Gasteiger partial charge on any atom is -0.449 e. The summed E-state index contributed by atoms with van der Waals surface area (Å²) in [5, 5.41) is 57.8. The summed E-state index contributed by atoms with van der Waals surface area (Å²) in [6.45, 7) is 75.7. The Morgan fingerprint density at radius 1 is 0.410 bits per heavy atom. The minimum absolute atomic E-state index is 0.0741. The van der Waals surface area contributed by atoms with Crippen molar-refractivity contribution in [2.45, 2.75) is 344 Å². The molecule has 2 amide bonds. The summed E-state index contributed by atoms with van der Waals surface area (Å²) in [5.41, 5.74) is 8.23. The van der Waals surface area contributed by atoms with Crippen molar-refractivity contribution >= 4 is 28.8 Å². The van der Waals surface area contributed by atoms with Crippen molar-refractivity contribution in [3.63, 3.8) is 0 Å². The van der Waals surface area contributed by atoms with Crippen LogP contribution in [0.5, 0.6) is 0 Å². The Hall–Kier alpha value is -13.6. The number of nitrogens with one attached hydrogen (secondary N) is 8. The van der Waals surface area contributed by atoms with Crippen molar-refractivity contribution in [3.8, 4) is 0 Å². The summed E-state index contributed by atoms with van der Waals surface area (Å²) >= 11 is 1.72. The molecule has 38 nitrogen and oxygen atoms in total. The van der Waals surface area contributed by atoms with Gasteiger partial charge in [0.2, 0.25) is 0 Å². The maximum atomic E-state index is 10.8. The standard InChI is InChI=1S/C9H15N.C8H11N.C7H10N2O.2C7H10N2.C6H12N2O.4C6H10N2.C6H9NO.C6H9NS.5C5H9N3/c1-4-8-5-6-9(10-8)7(2)3;1-7(2)8-5-3-4-6-9-8;1-5(2)7-8-4-3-6(10)9-7;1-6(2)7-5-8-3-4-9-7;1-6(2)7-8-4-3-5-9-7;1-5(2)8-4-3-7-6(8)9;1-6(2)8-5-3-4-7-8;1-5(2)6-7-3-4-8-6;2*1-5(2)6-3-4-7-8-6;2*1-5(2)6-7-3-4-8-6;1-5(2)8-4-6-3-7-8;3*1-4(2)5-6-3-7-8-5;1-4(2)5-3-6-8-7-5/h5,7H,4,6H2,1-3H3;3-7H,1-2H3;3-5H,1-2H3,(H,8,9,10);2*3-6H,1-2H3;5H,3-4H2,1-2H3,(H,7,9);3-6H,1-2H3;3*3-5H,1-2H3,(H,7,8);3*3-5H,1-2H3;3*3-4H,1-2H3,(H,6,7,8);4H,3H2,1-2H3. The summed E-state index contributed by atoms with van der Waals surface area (Å²) in [6, 6.07) is 16.5. The molecule has 3 aliphatic heterocycles. The molecular formula is C105H171N35O3S. The quantitative estimate of drug-likeness (QED) is 0.0395. The minimum atomic E-state index is -0.0845. The number of aromatic nitrogens is 29. The second kappa shape index (κ2) is 76.1. The molecule has 0 spiro atoms. The molecule has 1 saturated heterocycles. The highest BCUT2D eigenvalue weighted by molar-refractivity contribution is 7.09. The van der Waals surface area contributed by atoms with Crippen LogP contribution in [0.4, 0.5) is 4.79 Å². The Morgan fingerprint density at radius 2 is 0.958 bits per heavy atom. The molecule has 3 aliphatic rings. The SMILES string of the molecule is CC(C)C1=NN=NC1.CC(C)N1CCNC1=O.CC(C)c1ccccn1.CC(C)c1ccn[nH]1.CC(C)c1ccn[nH]1.CC(C)c1cnccn1.CC(C)c1ncc[nH]1.CC(C)c1nccc(=O)[nH]1.CC(C)c1ncccn1.CC(C)c1ncco1.CC(C)c1nccs1.CC(C)c1ncn[nH]1.CC(C)c1ncn[nH]1.CC(C)c1ncn[nH]1.CC(C)n1cccn1.CC(C)n1cncn1.CCC1=CCC(C(C)C)=N1. The van der Waals surface area contributed by atoms with Gasteiger partial charge in [0.15, 0.2) is 5.89 Å². The predicted octanol–water partition coefficient (Wildman–Crippen LogP) is 24.7. The van der Waals surface area contributed by atoms with E-state index in [0.29, 0.717) is 102 Å². The molecule has 14 aromatic heterocycles. The van der Waals surface area contributed by atoms with Crippen LogP contribution >= 0.6 is 11.3 Å². The van der Waals surface area contributed by atoms with Crippen LogP contribution in [0.25, 0.3) is 0 Å². The normalized spacial score (nSPS) is 11.8. The topological polar surface area (TPSA) is 490 Å². The zero-order chi connectivity index (χ0) is 108. The molecule has 0 unspecified atom stereocenters. The Morgan fingerprint density at radius 3 is 1.19 bits per heavy atom. The molecule has 39 heteroatoms. The van der Waals surface area contributed by atoms with Crippen molar-refractivity contribution in [2.24, 2.45) is 32.3 Å². The van der Waals surface area contributed by atoms with Crippen molar-refractivity contribution in [1.82, 2.24) is 156 Å². The number of H-pyrrole nitrogens is 7. The number of aromatic amines is 7. The number of imidazole rings is 1. The van der Waals surface area contributed by atoms with Crippen molar-refractivity contribution in [1.29, 1.82) is 0 Å².